The van der Waals surface area contributed by atoms with E-state index in [9.17, 15) is 4.79 Å². The van der Waals surface area contributed by atoms with Crippen molar-refractivity contribution in [3.8, 4) is 0 Å². The number of nitrogens with zero attached hydrogens (tertiary/aromatic N) is 2. The Bertz CT molecular complexity index is 590. The fraction of sp³-hybridized carbons (Fsp3) is 0.154. The number of carboxylic acids is 1. The van der Waals surface area contributed by atoms with Gasteiger partial charge in [-0.15, -0.1) is 0 Å². The predicted molar refractivity (Wildman–Crippen MR) is 68.9 cm³/mol. The molecule has 1 aromatic heterocycles. The van der Waals surface area contributed by atoms with Crippen LogP contribution >= 0.6 is 11.6 Å². The summed E-state index contributed by atoms with van der Waals surface area (Å²) in [6, 6.07) is 7.31. The number of benzene rings is 1. The second-order valence-electron chi connectivity index (χ2n) is 3.77. The third kappa shape index (κ3) is 3.49. The van der Waals surface area contributed by atoms with Gasteiger partial charge in [-0.05, 0) is 11.6 Å². The molecular weight excluding hydrogens is 268 g/mol. The largest absolute Gasteiger partial charge is 0.478 e. The van der Waals surface area contributed by atoms with Crippen molar-refractivity contribution in [3.05, 3.63) is 58.6 Å². The van der Waals surface area contributed by atoms with Crippen LogP contribution in [-0.2, 0) is 18.0 Å². The first-order valence-corrected chi connectivity index (χ1v) is 5.89. The zero-order chi connectivity index (χ0) is 13.7. The highest BCUT2D eigenvalue weighted by atomic mass is 35.5. The molecule has 0 spiro atoms. The van der Waals surface area contributed by atoms with E-state index in [4.69, 9.17) is 21.4 Å². The van der Waals surface area contributed by atoms with E-state index >= 15 is 0 Å². The average Bonchev–Trinajstić information content (AvgIpc) is 2.41. The summed E-state index contributed by atoms with van der Waals surface area (Å²) in [5.41, 5.74) is 1.23. The van der Waals surface area contributed by atoms with E-state index in [1.807, 2.05) is 18.2 Å². The number of rotatable bonds is 5. The van der Waals surface area contributed by atoms with Crippen molar-refractivity contribution in [2.45, 2.75) is 13.2 Å². The van der Waals surface area contributed by atoms with Crippen LogP contribution in [0.4, 0.5) is 0 Å². The van der Waals surface area contributed by atoms with Crippen molar-refractivity contribution in [1.29, 1.82) is 0 Å². The molecule has 0 saturated heterocycles. The Labute approximate surface area is 114 Å². The van der Waals surface area contributed by atoms with Gasteiger partial charge in [-0.2, -0.15) is 0 Å². The maximum atomic E-state index is 11.0. The highest BCUT2D eigenvalue weighted by Crippen LogP contribution is 2.16. The van der Waals surface area contributed by atoms with Crippen LogP contribution < -0.4 is 0 Å². The molecule has 19 heavy (non-hydrogen) atoms. The molecule has 2 rings (SSSR count). The smallest absolute Gasteiger partial charge is 0.339 e. The lowest BCUT2D eigenvalue weighted by atomic mass is 10.2. The molecule has 0 saturated carbocycles. The first-order valence-electron chi connectivity index (χ1n) is 5.52. The first kappa shape index (κ1) is 13.5. The second kappa shape index (κ2) is 6.26. The van der Waals surface area contributed by atoms with Crippen LogP contribution in [0.15, 0.2) is 36.8 Å². The summed E-state index contributed by atoms with van der Waals surface area (Å²) < 4.78 is 5.44. The van der Waals surface area contributed by atoms with Crippen LogP contribution in [0.1, 0.15) is 21.6 Å². The minimum atomic E-state index is -1.07. The molecule has 0 amide bonds. The predicted octanol–water partition coefficient (Wildman–Crippen LogP) is 2.55. The van der Waals surface area contributed by atoms with Gasteiger partial charge in [0.1, 0.15) is 11.9 Å². The summed E-state index contributed by atoms with van der Waals surface area (Å²) in [6.07, 6.45) is 2.55. The number of ether oxygens (including phenoxy) is 1. The van der Waals surface area contributed by atoms with Crippen LogP contribution in [0.3, 0.4) is 0 Å². The van der Waals surface area contributed by atoms with Gasteiger partial charge in [-0.25, -0.2) is 14.8 Å². The Balaban J connectivity index is 2.00. The third-order valence-electron chi connectivity index (χ3n) is 2.48. The van der Waals surface area contributed by atoms with Crippen molar-refractivity contribution in [3.63, 3.8) is 0 Å². The second-order valence-corrected chi connectivity index (χ2v) is 4.18. The Morgan fingerprint density at radius 3 is 2.84 bits per heavy atom. The number of carboxylic acid groups (broad SMARTS) is 1. The summed E-state index contributed by atoms with van der Waals surface area (Å²) in [6.45, 7) is 0.387. The fourth-order valence-electron chi connectivity index (χ4n) is 1.52. The summed E-state index contributed by atoms with van der Waals surface area (Å²) in [4.78, 5) is 18.5. The molecule has 6 heteroatoms. The molecular formula is C13H11ClN2O3. The minimum Gasteiger partial charge on any atom is -0.478 e. The van der Waals surface area contributed by atoms with E-state index in [-0.39, 0.29) is 12.2 Å². The summed E-state index contributed by atoms with van der Waals surface area (Å²) >= 11 is 5.99. The molecule has 0 aliphatic heterocycles. The van der Waals surface area contributed by atoms with Crippen molar-refractivity contribution in [2.24, 2.45) is 0 Å². The molecule has 0 bridgehead atoms. The van der Waals surface area contributed by atoms with Gasteiger partial charge in [0.25, 0.3) is 0 Å². The monoisotopic (exact) mass is 278 g/mol. The zero-order valence-electron chi connectivity index (χ0n) is 9.91. The van der Waals surface area contributed by atoms with Gasteiger partial charge in [0, 0.05) is 11.2 Å². The Morgan fingerprint density at radius 2 is 2.11 bits per heavy atom. The lowest BCUT2D eigenvalue weighted by molar-refractivity contribution is 0.0681. The van der Waals surface area contributed by atoms with Crippen molar-refractivity contribution in [2.75, 3.05) is 0 Å². The molecule has 98 valence electrons. The molecule has 1 heterocycles. The SMILES string of the molecule is O=C(O)c1cncnc1COCc1ccccc1Cl. The number of hydrogen-bond acceptors (Lipinski definition) is 4. The lowest BCUT2D eigenvalue weighted by Gasteiger charge is -2.07. The number of halogens is 1. The van der Waals surface area contributed by atoms with Crippen LogP contribution in [-0.4, -0.2) is 21.0 Å². The molecule has 0 radical (unpaired) electrons. The zero-order valence-corrected chi connectivity index (χ0v) is 10.7. The van der Waals surface area contributed by atoms with Gasteiger partial charge in [0.2, 0.25) is 0 Å². The van der Waals surface area contributed by atoms with E-state index in [0.717, 1.165) is 5.56 Å². The van der Waals surface area contributed by atoms with Gasteiger partial charge in [-0.1, -0.05) is 29.8 Å². The molecule has 1 aromatic carbocycles. The topological polar surface area (TPSA) is 72.3 Å². The summed E-state index contributed by atoms with van der Waals surface area (Å²) in [7, 11) is 0. The van der Waals surface area contributed by atoms with Gasteiger partial charge >= 0.3 is 5.97 Å². The van der Waals surface area contributed by atoms with Gasteiger partial charge < -0.3 is 9.84 Å². The molecule has 1 N–H and O–H groups in total. The molecule has 5 nitrogen and oxygen atoms in total. The molecule has 0 aliphatic carbocycles. The van der Waals surface area contributed by atoms with E-state index in [0.29, 0.717) is 17.3 Å². The maximum Gasteiger partial charge on any atom is 0.339 e. The normalized spacial score (nSPS) is 10.4. The number of carbonyl (C=O) groups is 1. The average molecular weight is 279 g/mol. The number of aromatic nitrogens is 2. The highest BCUT2D eigenvalue weighted by Gasteiger charge is 2.11. The molecule has 0 atom stereocenters. The molecule has 2 aromatic rings. The van der Waals surface area contributed by atoms with E-state index in [1.165, 1.54) is 12.5 Å². The van der Waals surface area contributed by atoms with Crippen LogP contribution in [0.2, 0.25) is 5.02 Å². The summed E-state index contributed by atoms with van der Waals surface area (Å²) in [5, 5.41) is 9.58. The number of hydrogen-bond donors (Lipinski definition) is 1. The minimum absolute atomic E-state index is 0.0432. The quantitative estimate of drug-likeness (QED) is 0.910. The third-order valence-corrected chi connectivity index (χ3v) is 2.85. The van der Waals surface area contributed by atoms with Crippen LogP contribution in [0.25, 0.3) is 0 Å². The number of aromatic carboxylic acids is 1. The fourth-order valence-corrected chi connectivity index (χ4v) is 1.71. The Kier molecular flexibility index (Phi) is 4.43. The van der Waals surface area contributed by atoms with E-state index < -0.39 is 5.97 Å². The van der Waals surface area contributed by atoms with Crippen LogP contribution in [0.5, 0.6) is 0 Å². The summed E-state index contributed by atoms with van der Waals surface area (Å²) in [5.74, 6) is -1.07. The highest BCUT2D eigenvalue weighted by molar-refractivity contribution is 6.31. The Hall–Kier alpha value is -1.98. The standard InChI is InChI=1S/C13H11ClN2O3/c14-11-4-2-1-3-9(11)6-19-7-12-10(13(17)18)5-15-8-16-12/h1-5,8H,6-7H2,(H,17,18). The lowest BCUT2D eigenvalue weighted by Crippen LogP contribution is -2.07. The van der Waals surface area contributed by atoms with Crippen molar-refractivity contribution in [1.82, 2.24) is 9.97 Å². The van der Waals surface area contributed by atoms with Crippen LogP contribution in [0, 0.1) is 0 Å². The van der Waals surface area contributed by atoms with E-state index in [1.54, 1.807) is 6.07 Å². The Morgan fingerprint density at radius 1 is 1.32 bits per heavy atom. The maximum absolute atomic E-state index is 11.0. The van der Waals surface area contributed by atoms with Gasteiger partial charge in [0.05, 0.1) is 18.9 Å². The van der Waals surface area contributed by atoms with Gasteiger partial charge in [0.15, 0.2) is 0 Å². The molecule has 0 unspecified atom stereocenters. The van der Waals surface area contributed by atoms with Crippen molar-refractivity contribution >= 4 is 17.6 Å². The van der Waals surface area contributed by atoms with Gasteiger partial charge in [-0.3, -0.25) is 0 Å². The van der Waals surface area contributed by atoms with E-state index in [2.05, 4.69) is 9.97 Å². The first-order chi connectivity index (χ1) is 9.18. The van der Waals surface area contributed by atoms with Crippen molar-refractivity contribution < 1.29 is 14.6 Å². The molecule has 0 fully saturated rings. The molecule has 0 aliphatic rings.